The van der Waals surface area contributed by atoms with Crippen molar-refractivity contribution < 1.29 is 9.53 Å². The van der Waals surface area contributed by atoms with Crippen molar-refractivity contribution in [2.24, 2.45) is 0 Å². The lowest BCUT2D eigenvalue weighted by atomic mass is 10.1. The van der Waals surface area contributed by atoms with Crippen molar-refractivity contribution in [2.45, 2.75) is 78.1 Å². The zero-order chi connectivity index (χ0) is 14.9. The lowest BCUT2D eigenvalue weighted by Crippen LogP contribution is -2.01. The fraction of sp³-hybridized carbons (Fsp3) is 0.722. The molecule has 20 heavy (non-hydrogen) atoms. The number of rotatable bonds is 13. The number of allylic oxidation sites excluding steroid dienone is 3. The van der Waals surface area contributed by atoms with Gasteiger partial charge in [0.2, 0.25) is 0 Å². The molecule has 0 atom stereocenters. The molecule has 0 aliphatic rings. The molecule has 0 unspecified atom stereocenters. The summed E-state index contributed by atoms with van der Waals surface area (Å²) in [6.45, 7) is 4.86. The molecular formula is C18H32O2. The molecule has 0 aromatic carbocycles. The van der Waals surface area contributed by atoms with Crippen molar-refractivity contribution in [3.8, 4) is 0 Å². The smallest absolute Gasteiger partial charge is 0.330 e. The SMILES string of the molecule is CCCCCCCCCC=CC=CC(=O)OCCCC. The van der Waals surface area contributed by atoms with Crippen molar-refractivity contribution >= 4 is 5.97 Å². The van der Waals surface area contributed by atoms with Crippen molar-refractivity contribution in [3.05, 3.63) is 24.3 Å². The lowest BCUT2D eigenvalue weighted by molar-refractivity contribution is -0.137. The summed E-state index contributed by atoms with van der Waals surface area (Å²) in [5.74, 6) is -0.237. The first kappa shape index (κ1) is 18.9. The molecule has 0 amide bonds. The highest BCUT2D eigenvalue weighted by atomic mass is 16.5. The van der Waals surface area contributed by atoms with Crippen molar-refractivity contribution in [1.82, 2.24) is 0 Å². The molecule has 0 saturated heterocycles. The van der Waals surface area contributed by atoms with E-state index in [1.54, 1.807) is 6.08 Å². The van der Waals surface area contributed by atoms with E-state index in [9.17, 15) is 4.79 Å². The Morgan fingerprint density at radius 1 is 0.850 bits per heavy atom. The Bertz CT molecular complexity index is 267. The van der Waals surface area contributed by atoms with E-state index in [1.807, 2.05) is 6.08 Å². The Kier molecular flexibility index (Phi) is 15.2. The Morgan fingerprint density at radius 2 is 1.50 bits per heavy atom. The van der Waals surface area contributed by atoms with E-state index in [1.165, 1.54) is 51.0 Å². The van der Waals surface area contributed by atoms with E-state index in [4.69, 9.17) is 4.74 Å². The van der Waals surface area contributed by atoms with Crippen LogP contribution in [0.4, 0.5) is 0 Å². The quantitative estimate of drug-likeness (QED) is 0.190. The first-order valence-electron chi connectivity index (χ1n) is 8.31. The van der Waals surface area contributed by atoms with E-state index in [0.29, 0.717) is 6.61 Å². The van der Waals surface area contributed by atoms with Crippen LogP contribution >= 0.6 is 0 Å². The zero-order valence-corrected chi connectivity index (χ0v) is 13.4. The third kappa shape index (κ3) is 15.0. The summed E-state index contributed by atoms with van der Waals surface area (Å²) in [4.78, 5) is 11.2. The molecule has 0 saturated carbocycles. The van der Waals surface area contributed by atoms with Gasteiger partial charge in [-0.3, -0.25) is 0 Å². The number of ether oxygens (including phenoxy) is 1. The van der Waals surface area contributed by atoms with Gasteiger partial charge in [0.15, 0.2) is 0 Å². The summed E-state index contributed by atoms with van der Waals surface area (Å²) in [6, 6.07) is 0. The summed E-state index contributed by atoms with van der Waals surface area (Å²) in [7, 11) is 0. The van der Waals surface area contributed by atoms with Gasteiger partial charge in [-0.2, -0.15) is 0 Å². The van der Waals surface area contributed by atoms with Crippen LogP contribution in [0, 0.1) is 0 Å². The highest BCUT2D eigenvalue weighted by Gasteiger charge is 1.93. The fourth-order valence-electron chi connectivity index (χ4n) is 1.89. The zero-order valence-electron chi connectivity index (χ0n) is 13.4. The summed E-state index contributed by atoms with van der Waals surface area (Å²) in [5.41, 5.74) is 0. The Hall–Kier alpha value is -1.05. The number of hydrogen-bond acceptors (Lipinski definition) is 2. The maximum absolute atomic E-state index is 11.2. The number of carbonyl (C=O) groups excluding carboxylic acids is 1. The molecule has 0 aliphatic heterocycles. The summed E-state index contributed by atoms with van der Waals surface area (Å²) >= 11 is 0. The van der Waals surface area contributed by atoms with Gasteiger partial charge in [-0.1, -0.05) is 77.0 Å². The molecular weight excluding hydrogens is 248 g/mol. The lowest BCUT2D eigenvalue weighted by Gasteiger charge is -1.98. The van der Waals surface area contributed by atoms with Gasteiger partial charge in [0.25, 0.3) is 0 Å². The van der Waals surface area contributed by atoms with Crippen molar-refractivity contribution in [2.75, 3.05) is 6.61 Å². The fourth-order valence-corrected chi connectivity index (χ4v) is 1.89. The number of esters is 1. The van der Waals surface area contributed by atoms with Crippen LogP contribution in [-0.2, 0) is 9.53 Å². The molecule has 2 nitrogen and oxygen atoms in total. The van der Waals surface area contributed by atoms with Crippen LogP contribution in [-0.4, -0.2) is 12.6 Å². The monoisotopic (exact) mass is 280 g/mol. The predicted octanol–water partition coefficient (Wildman–Crippen LogP) is 5.58. The van der Waals surface area contributed by atoms with Gasteiger partial charge in [0.1, 0.15) is 0 Å². The minimum absolute atomic E-state index is 0.237. The molecule has 0 rings (SSSR count). The van der Waals surface area contributed by atoms with E-state index in [2.05, 4.69) is 19.9 Å². The first-order chi connectivity index (χ1) is 9.81. The molecule has 0 aromatic rings. The largest absolute Gasteiger partial charge is 0.463 e. The van der Waals surface area contributed by atoms with E-state index < -0.39 is 0 Å². The van der Waals surface area contributed by atoms with Gasteiger partial charge < -0.3 is 4.74 Å². The summed E-state index contributed by atoms with van der Waals surface area (Å²) < 4.78 is 5.01. The van der Waals surface area contributed by atoms with Gasteiger partial charge in [-0.15, -0.1) is 0 Å². The highest BCUT2D eigenvalue weighted by molar-refractivity contribution is 5.82. The van der Waals surface area contributed by atoms with Crippen LogP contribution in [0.3, 0.4) is 0 Å². The molecule has 0 N–H and O–H groups in total. The van der Waals surface area contributed by atoms with Crippen LogP contribution in [0.25, 0.3) is 0 Å². The first-order valence-corrected chi connectivity index (χ1v) is 8.31. The van der Waals surface area contributed by atoms with E-state index >= 15 is 0 Å². The molecule has 0 aliphatic carbocycles. The standard InChI is InChI=1S/C18H32O2/c1-3-5-7-8-9-10-11-12-13-14-15-16-18(19)20-17-6-4-2/h13-16H,3-12,17H2,1-2H3. The molecule has 0 spiro atoms. The Balaban J connectivity index is 3.36. The molecule has 0 fully saturated rings. The third-order valence-corrected chi connectivity index (χ3v) is 3.20. The van der Waals surface area contributed by atoms with Crippen molar-refractivity contribution in [1.29, 1.82) is 0 Å². The average molecular weight is 280 g/mol. The maximum atomic E-state index is 11.2. The van der Waals surface area contributed by atoms with Crippen LogP contribution in [0.2, 0.25) is 0 Å². The van der Waals surface area contributed by atoms with Crippen LogP contribution < -0.4 is 0 Å². The molecule has 116 valence electrons. The number of hydrogen-bond donors (Lipinski definition) is 0. The second-order valence-corrected chi connectivity index (χ2v) is 5.22. The summed E-state index contributed by atoms with van der Waals surface area (Å²) in [6.07, 6.45) is 19.8. The van der Waals surface area contributed by atoms with Gasteiger partial charge >= 0.3 is 5.97 Å². The number of carbonyl (C=O) groups is 1. The Morgan fingerprint density at radius 3 is 2.20 bits per heavy atom. The minimum atomic E-state index is -0.237. The minimum Gasteiger partial charge on any atom is -0.463 e. The molecule has 0 bridgehead atoms. The molecule has 0 radical (unpaired) electrons. The predicted molar refractivity (Wildman–Crippen MR) is 86.8 cm³/mol. The van der Waals surface area contributed by atoms with Crippen LogP contribution in [0.15, 0.2) is 24.3 Å². The third-order valence-electron chi connectivity index (χ3n) is 3.20. The molecule has 0 heterocycles. The van der Waals surface area contributed by atoms with Gasteiger partial charge in [-0.25, -0.2) is 4.79 Å². The second kappa shape index (κ2) is 16.0. The van der Waals surface area contributed by atoms with Gasteiger partial charge in [0, 0.05) is 6.08 Å². The van der Waals surface area contributed by atoms with Crippen LogP contribution in [0.1, 0.15) is 78.1 Å². The summed E-state index contributed by atoms with van der Waals surface area (Å²) in [5, 5.41) is 0. The Labute approximate surface area is 125 Å². The van der Waals surface area contributed by atoms with E-state index in [0.717, 1.165) is 19.3 Å². The van der Waals surface area contributed by atoms with Crippen LogP contribution in [0.5, 0.6) is 0 Å². The average Bonchev–Trinajstić information content (AvgIpc) is 2.45. The maximum Gasteiger partial charge on any atom is 0.330 e. The molecule has 2 heteroatoms. The van der Waals surface area contributed by atoms with Crippen molar-refractivity contribution in [3.63, 3.8) is 0 Å². The number of unbranched alkanes of at least 4 members (excludes halogenated alkanes) is 8. The van der Waals surface area contributed by atoms with Gasteiger partial charge in [0.05, 0.1) is 6.61 Å². The molecule has 0 aromatic heterocycles. The topological polar surface area (TPSA) is 26.3 Å². The van der Waals surface area contributed by atoms with E-state index in [-0.39, 0.29) is 5.97 Å². The second-order valence-electron chi connectivity index (χ2n) is 5.22. The van der Waals surface area contributed by atoms with Gasteiger partial charge in [-0.05, 0) is 19.3 Å². The normalized spacial score (nSPS) is 11.5. The highest BCUT2D eigenvalue weighted by Crippen LogP contribution is 2.08.